The predicted octanol–water partition coefficient (Wildman–Crippen LogP) is 4.27. The first-order valence-corrected chi connectivity index (χ1v) is 7.61. The molecule has 0 aliphatic carbocycles. The van der Waals surface area contributed by atoms with Crippen LogP contribution in [0.2, 0.25) is 0 Å². The lowest BCUT2D eigenvalue weighted by atomic mass is 10.1. The fraction of sp³-hybridized carbons (Fsp3) is 0.389. The third-order valence-corrected chi connectivity index (χ3v) is 3.65. The van der Waals surface area contributed by atoms with Crippen LogP contribution in [0.3, 0.4) is 0 Å². The normalized spacial score (nSPS) is 11.4. The number of rotatable bonds is 6. The number of nitrogens with zero attached hydrogens (tertiary/aromatic N) is 1. The van der Waals surface area contributed by atoms with Crippen LogP contribution >= 0.6 is 0 Å². The first-order valence-electron chi connectivity index (χ1n) is 7.61. The lowest BCUT2D eigenvalue weighted by molar-refractivity contribution is -0.124. The largest absolute Gasteiger partial charge is 0.460 e. The van der Waals surface area contributed by atoms with Crippen LogP contribution in [0, 0.1) is 0 Å². The summed E-state index contributed by atoms with van der Waals surface area (Å²) in [6.45, 7) is 4.98. The molecule has 1 aromatic heterocycles. The topological polar surface area (TPSA) is 33.5 Å². The molecule has 3 heteroatoms. The van der Waals surface area contributed by atoms with Crippen LogP contribution in [-0.2, 0) is 11.2 Å². The molecule has 0 spiro atoms. The second-order valence-electron chi connectivity index (χ2n) is 5.24. The molecule has 0 unspecified atom stereocenters. The summed E-state index contributed by atoms with van der Waals surface area (Å²) in [4.78, 5) is 13.8. The minimum absolute atomic E-state index is 0.0378. The maximum Gasteiger partial charge on any atom is 0.246 e. The molecule has 1 heterocycles. The van der Waals surface area contributed by atoms with Crippen molar-refractivity contribution in [1.29, 1.82) is 0 Å². The van der Waals surface area contributed by atoms with Gasteiger partial charge < -0.3 is 9.32 Å². The molecule has 0 N–H and O–H groups in total. The maximum absolute atomic E-state index is 12.1. The molecule has 112 valence electrons. The van der Waals surface area contributed by atoms with Gasteiger partial charge in [0.2, 0.25) is 5.91 Å². The van der Waals surface area contributed by atoms with E-state index in [4.69, 9.17) is 4.42 Å². The van der Waals surface area contributed by atoms with E-state index in [1.165, 1.54) is 0 Å². The summed E-state index contributed by atoms with van der Waals surface area (Å²) in [5.41, 5.74) is 1.89. The van der Waals surface area contributed by atoms with Crippen LogP contribution in [0.25, 0.3) is 17.0 Å². The summed E-state index contributed by atoms with van der Waals surface area (Å²) in [5, 5.41) is 1.06. The highest BCUT2D eigenvalue weighted by Crippen LogP contribution is 2.27. The Morgan fingerprint density at radius 3 is 2.76 bits per heavy atom. The molecule has 0 fully saturated rings. The molecule has 2 aromatic rings. The van der Waals surface area contributed by atoms with E-state index in [2.05, 4.69) is 13.8 Å². The van der Waals surface area contributed by atoms with Gasteiger partial charge in [0.05, 0.1) is 0 Å². The van der Waals surface area contributed by atoms with Gasteiger partial charge in [-0.15, -0.1) is 0 Å². The lowest BCUT2D eigenvalue weighted by Gasteiger charge is -2.13. The zero-order chi connectivity index (χ0) is 15.2. The van der Waals surface area contributed by atoms with E-state index in [1.807, 2.05) is 37.4 Å². The number of hydrogen-bond donors (Lipinski definition) is 0. The van der Waals surface area contributed by atoms with Crippen molar-refractivity contribution < 1.29 is 9.21 Å². The molecule has 21 heavy (non-hydrogen) atoms. The van der Waals surface area contributed by atoms with Crippen molar-refractivity contribution in [3.63, 3.8) is 0 Å². The second-order valence-corrected chi connectivity index (χ2v) is 5.24. The summed E-state index contributed by atoms with van der Waals surface area (Å²) in [5.74, 6) is 0.965. The second kappa shape index (κ2) is 7.11. The van der Waals surface area contributed by atoms with Gasteiger partial charge in [-0.25, -0.2) is 0 Å². The molecule has 0 saturated heterocycles. The zero-order valence-electron chi connectivity index (χ0n) is 13.1. The molecule has 0 atom stereocenters. The molecule has 1 aromatic carbocycles. The number of likely N-dealkylation sites (N-methyl/N-ethyl adjacent to an activating group) is 1. The minimum Gasteiger partial charge on any atom is -0.460 e. The fourth-order valence-corrected chi connectivity index (χ4v) is 2.35. The first kappa shape index (κ1) is 15.4. The first-order chi connectivity index (χ1) is 10.2. The van der Waals surface area contributed by atoms with Crippen molar-refractivity contribution in [2.75, 3.05) is 13.6 Å². The molecule has 0 aliphatic rings. The number of amides is 1. The highest BCUT2D eigenvalue weighted by Gasteiger charge is 2.11. The number of benzene rings is 1. The number of carbonyl (C=O) groups excluding carboxylic acids is 1. The van der Waals surface area contributed by atoms with Crippen LogP contribution in [0.15, 0.2) is 34.8 Å². The Labute approximate surface area is 126 Å². The molecule has 1 amide bonds. The third kappa shape index (κ3) is 3.54. The third-order valence-electron chi connectivity index (χ3n) is 3.65. The monoisotopic (exact) mass is 285 g/mol. The van der Waals surface area contributed by atoms with E-state index >= 15 is 0 Å². The van der Waals surface area contributed by atoms with E-state index in [0.29, 0.717) is 0 Å². The molecule has 3 nitrogen and oxygen atoms in total. The van der Waals surface area contributed by atoms with Gasteiger partial charge in [-0.1, -0.05) is 38.5 Å². The van der Waals surface area contributed by atoms with Gasteiger partial charge in [-0.2, -0.15) is 0 Å². The average Bonchev–Trinajstić information content (AvgIpc) is 2.87. The molecule has 0 aliphatic heterocycles. The smallest absolute Gasteiger partial charge is 0.246 e. The van der Waals surface area contributed by atoms with Crippen LogP contribution < -0.4 is 0 Å². The molecule has 0 bridgehead atoms. The number of para-hydroxylation sites is 1. The van der Waals surface area contributed by atoms with Crippen molar-refractivity contribution in [3.8, 4) is 0 Å². The Hall–Kier alpha value is -2.03. The van der Waals surface area contributed by atoms with E-state index in [1.54, 1.807) is 11.0 Å². The van der Waals surface area contributed by atoms with E-state index in [0.717, 1.165) is 48.1 Å². The van der Waals surface area contributed by atoms with Crippen molar-refractivity contribution in [1.82, 2.24) is 4.90 Å². The van der Waals surface area contributed by atoms with Crippen LogP contribution in [0.1, 0.15) is 38.0 Å². The Balaban J connectivity index is 2.22. The Kier molecular flexibility index (Phi) is 5.20. The number of aryl methyl sites for hydroxylation is 1. The van der Waals surface area contributed by atoms with E-state index in [-0.39, 0.29) is 5.91 Å². The van der Waals surface area contributed by atoms with Gasteiger partial charge in [-0.3, -0.25) is 4.79 Å². The summed E-state index contributed by atoms with van der Waals surface area (Å²) >= 11 is 0. The molecule has 0 saturated carbocycles. The zero-order valence-corrected chi connectivity index (χ0v) is 13.1. The Bertz CT molecular complexity index is 640. The number of unbranched alkanes of at least 4 members (excludes halogenated alkanes) is 1. The van der Waals surface area contributed by atoms with Gasteiger partial charge >= 0.3 is 0 Å². The average molecular weight is 285 g/mol. The molecule has 2 rings (SSSR count). The van der Waals surface area contributed by atoms with Crippen molar-refractivity contribution >= 4 is 23.0 Å². The van der Waals surface area contributed by atoms with Gasteiger partial charge in [0, 0.05) is 37.0 Å². The summed E-state index contributed by atoms with van der Waals surface area (Å²) < 4.78 is 5.83. The highest BCUT2D eigenvalue weighted by molar-refractivity contribution is 5.96. The standard InChI is InChI=1S/C18H23NO2/c1-4-6-13-19(3)18(20)12-11-15-14-9-7-8-10-17(14)21-16(15)5-2/h7-12H,4-6,13H2,1-3H3/b12-11+. The SMILES string of the molecule is CCCCN(C)C(=O)/C=C/c1c(CC)oc2ccccc12. The maximum atomic E-state index is 12.1. The van der Waals surface area contributed by atoms with Crippen LogP contribution in [-0.4, -0.2) is 24.4 Å². The predicted molar refractivity (Wildman–Crippen MR) is 87.2 cm³/mol. The molecule has 0 radical (unpaired) electrons. The van der Waals surface area contributed by atoms with Gasteiger partial charge in [-0.05, 0) is 18.6 Å². The fourth-order valence-electron chi connectivity index (χ4n) is 2.35. The van der Waals surface area contributed by atoms with Gasteiger partial charge in [0.15, 0.2) is 0 Å². The Morgan fingerprint density at radius 2 is 2.05 bits per heavy atom. The van der Waals surface area contributed by atoms with E-state index in [9.17, 15) is 4.79 Å². The highest BCUT2D eigenvalue weighted by atomic mass is 16.3. The quantitative estimate of drug-likeness (QED) is 0.743. The lowest BCUT2D eigenvalue weighted by Crippen LogP contribution is -2.25. The number of hydrogen-bond acceptors (Lipinski definition) is 2. The summed E-state index contributed by atoms with van der Waals surface area (Å²) in [7, 11) is 1.84. The number of fused-ring (bicyclic) bond motifs is 1. The summed E-state index contributed by atoms with van der Waals surface area (Å²) in [6, 6.07) is 7.94. The number of carbonyl (C=O) groups is 1. The van der Waals surface area contributed by atoms with E-state index < -0.39 is 0 Å². The van der Waals surface area contributed by atoms with Crippen molar-refractivity contribution in [2.45, 2.75) is 33.1 Å². The molecular formula is C18H23NO2. The minimum atomic E-state index is 0.0378. The number of furan rings is 1. The Morgan fingerprint density at radius 1 is 1.29 bits per heavy atom. The van der Waals surface area contributed by atoms with Crippen molar-refractivity contribution in [3.05, 3.63) is 41.7 Å². The van der Waals surface area contributed by atoms with Crippen LogP contribution in [0.5, 0.6) is 0 Å². The van der Waals surface area contributed by atoms with Gasteiger partial charge in [0.1, 0.15) is 11.3 Å². The van der Waals surface area contributed by atoms with Crippen LogP contribution in [0.4, 0.5) is 0 Å². The summed E-state index contributed by atoms with van der Waals surface area (Å²) in [6.07, 6.45) is 6.47. The molecular weight excluding hydrogens is 262 g/mol. The van der Waals surface area contributed by atoms with Gasteiger partial charge in [0.25, 0.3) is 0 Å². The van der Waals surface area contributed by atoms with Crippen molar-refractivity contribution in [2.24, 2.45) is 0 Å².